The Kier molecular flexibility index (Phi) is 8.23. The van der Waals surface area contributed by atoms with E-state index in [1.165, 1.54) is 12.8 Å². The number of nitrogens with two attached hydrogens (primary N) is 1. The average molecular weight is 242 g/mol. The zero-order valence-electron chi connectivity index (χ0n) is 12.2. The quantitative estimate of drug-likeness (QED) is 0.665. The van der Waals surface area contributed by atoms with Crippen molar-refractivity contribution < 1.29 is 4.79 Å². The van der Waals surface area contributed by atoms with Crippen LogP contribution in [0.15, 0.2) is 0 Å². The van der Waals surface area contributed by atoms with E-state index in [4.69, 9.17) is 5.73 Å². The standard InChI is InChI=1S/C14H30N2O/c1-6-7-8-9-16(12(4)5)14(17)10-13(15)11(2)3/h11-13H,6-10,15H2,1-5H3. The van der Waals surface area contributed by atoms with Gasteiger partial charge in [-0.1, -0.05) is 33.6 Å². The molecule has 0 bridgehead atoms. The topological polar surface area (TPSA) is 46.3 Å². The van der Waals surface area contributed by atoms with Gasteiger partial charge in [-0.25, -0.2) is 0 Å². The number of hydrogen-bond donors (Lipinski definition) is 1. The molecule has 3 nitrogen and oxygen atoms in total. The first-order valence-corrected chi connectivity index (χ1v) is 6.95. The van der Waals surface area contributed by atoms with E-state index in [-0.39, 0.29) is 18.0 Å². The van der Waals surface area contributed by atoms with Crippen molar-refractivity contribution >= 4 is 5.91 Å². The van der Waals surface area contributed by atoms with Crippen LogP contribution in [0.1, 0.15) is 60.3 Å². The molecule has 0 heterocycles. The highest BCUT2D eigenvalue weighted by Crippen LogP contribution is 2.10. The molecule has 0 saturated carbocycles. The van der Waals surface area contributed by atoms with Crippen LogP contribution in [0, 0.1) is 5.92 Å². The fourth-order valence-electron chi connectivity index (χ4n) is 1.76. The van der Waals surface area contributed by atoms with Crippen molar-refractivity contribution in [2.45, 2.75) is 72.4 Å². The van der Waals surface area contributed by atoms with Gasteiger partial charge in [0.15, 0.2) is 0 Å². The summed E-state index contributed by atoms with van der Waals surface area (Å²) in [6, 6.07) is 0.258. The van der Waals surface area contributed by atoms with E-state index >= 15 is 0 Å². The first-order chi connectivity index (χ1) is 7.90. The molecule has 0 aliphatic rings. The third-order valence-electron chi connectivity index (χ3n) is 3.21. The predicted octanol–water partition coefficient (Wildman–Crippen LogP) is 2.79. The lowest BCUT2D eigenvalue weighted by Crippen LogP contribution is -2.42. The van der Waals surface area contributed by atoms with Crippen molar-refractivity contribution in [2.24, 2.45) is 11.7 Å². The predicted molar refractivity (Wildman–Crippen MR) is 73.8 cm³/mol. The molecule has 0 saturated heterocycles. The smallest absolute Gasteiger partial charge is 0.224 e. The molecule has 0 aliphatic heterocycles. The fraction of sp³-hybridized carbons (Fsp3) is 0.929. The van der Waals surface area contributed by atoms with Crippen LogP contribution in [0.3, 0.4) is 0 Å². The molecule has 1 amide bonds. The molecule has 102 valence electrons. The van der Waals surface area contributed by atoms with Crippen LogP contribution in [0.25, 0.3) is 0 Å². The van der Waals surface area contributed by atoms with Gasteiger partial charge in [0.25, 0.3) is 0 Å². The summed E-state index contributed by atoms with van der Waals surface area (Å²) in [7, 11) is 0. The molecule has 0 aromatic rings. The summed E-state index contributed by atoms with van der Waals surface area (Å²) in [4.78, 5) is 14.1. The van der Waals surface area contributed by atoms with Gasteiger partial charge < -0.3 is 10.6 Å². The Balaban J connectivity index is 4.24. The monoisotopic (exact) mass is 242 g/mol. The van der Waals surface area contributed by atoms with E-state index in [9.17, 15) is 4.79 Å². The van der Waals surface area contributed by atoms with Crippen molar-refractivity contribution in [3.63, 3.8) is 0 Å². The molecular formula is C14H30N2O. The zero-order valence-corrected chi connectivity index (χ0v) is 12.2. The van der Waals surface area contributed by atoms with Crippen LogP contribution in [0.4, 0.5) is 0 Å². The van der Waals surface area contributed by atoms with Gasteiger partial charge in [-0.3, -0.25) is 4.79 Å². The number of unbranched alkanes of at least 4 members (excludes halogenated alkanes) is 2. The van der Waals surface area contributed by atoms with Crippen molar-refractivity contribution in [2.75, 3.05) is 6.54 Å². The second-order valence-electron chi connectivity index (χ2n) is 5.50. The first-order valence-electron chi connectivity index (χ1n) is 6.95. The SMILES string of the molecule is CCCCCN(C(=O)CC(N)C(C)C)C(C)C. The van der Waals surface area contributed by atoms with Crippen LogP contribution in [0.5, 0.6) is 0 Å². The van der Waals surface area contributed by atoms with Gasteiger partial charge in [-0.15, -0.1) is 0 Å². The van der Waals surface area contributed by atoms with Crippen LogP contribution >= 0.6 is 0 Å². The van der Waals surface area contributed by atoms with Crippen LogP contribution in [-0.2, 0) is 4.79 Å². The molecule has 1 atom stereocenters. The lowest BCUT2D eigenvalue weighted by atomic mass is 10.0. The summed E-state index contributed by atoms with van der Waals surface area (Å²) in [5.74, 6) is 0.570. The third kappa shape index (κ3) is 6.67. The Morgan fingerprint density at radius 2 is 1.76 bits per heavy atom. The summed E-state index contributed by atoms with van der Waals surface area (Å²) in [5, 5.41) is 0. The van der Waals surface area contributed by atoms with Crippen molar-refractivity contribution in [3.8, 4) is 0 Å². The normalized spacial score (nSPS) is 13.2. The molecular weight excluding hydrogens is 212 g/mol. The van der Waals surface area contributed by atoms with Crippen LogP contribution < -0.4 is 5.73 Å². The maximum Gasteiger partial charge on any atom is 0.224 e. The number of amides is 1. The number of nitrogens with zero attached hydrogens (tertiary/aromatic N) is 1. The summed E-state index contributed by atoms with van der Waals surface area (Å²) >= 11 is 0. The summed E-state index contributed by atoms with van der Waals surface area (Å²) in [6.45, 7) is 11.3. The van der Waals surface area contributed by atoms with Crippen molar-refractivity contribution in [3.05, 3.63) is 0 Å². The molecule has 0 aliphatic carbocycles. The minimum atomic E-state index is -0.0186. The minimum Gasteiger partial charge on any atom is -0.340 e. The Hall–Kier alpha value is -0.570. The van der Waals surface area contributed by atoms with Gasteiger partial charge in [0.05, 0.1) is 0 Å². The van der Waals surface area contributed by atoms with Gasteiger partial charge in [0, 0.05) is 25.0 Å². The van der Waals surface area contributed by atoms with E-state index < -0.39 is 0 Å². The van der Waals surface area contributed by atoms with E-state index in [2.05, 4.69) is 34.6 Å². The Morgan fingerprint density at radius 3 is 2.18 bits per heavy atom. The highest BCUT2D eigenvalue weighted by atomic mass is 16.2. The number of carbonyl (C=O) groups excluding carboxylic acids is 1. The molecule has 1 unspecified atom stereocenters. The first kappa shape index (κ1) is 16.4. The number of rotatable bonds is 8. The Bertz CT molecular complexity index is 214. The number of carbonyl (C=O) groups is 1. The molecule has 0 aromatic carbocycles. The zero-order chi connectivity index (χ0) is 13.4. The fourth-order valence-corrected chi connectivity index (χ4v) is 1.76. The Labute approximate surface area is 107 Å². The van der Waals surface area contributed by atoms with Gasteiger partial charge in [-0.05, 0) is 26.2 Å². The van der Waals surface area contributed by atoms with Crippen molar-refractivity contribution in [1.29, 1.82) is 0 Å². The molecule has 0 rings (SSSR count). The van der Waals surface area contributed by atoms with E-state index in [1.54, 1.807) is 0 Å². The van der Waals surface area contributed by atoms with E-state index in [0.717, 1.165) is 13.0 Å². The second kappa shape index (κ2) is 8.51. The molecule has 0 fully saturated rings. The Morgan fingerprint density at radius 1 is 1.18 bits per heavy atom. The molecule has 0 radical (unpaired) electrons. The lowest BCUT2D eigenvalue weighted by molar-refractivity contribution is -0.133. The number of hydrogen-bond acceptors (Lipinski definition) is 2. The summed E-state index contributed by atoms with van der Waals surface area (Å²) in [6.07, 6.45) is 3.94. The van der Waals surface area contributed by atoms with Gasteiger partial charge in [0.2, 0.25) is 5.91 Å². The van der Waals surface area contributed by atoms with E-state index in [0.29, 0.717) is 12.3 Å². The van der Waals surface area contributed by atoms with Gasteiger partial charge in [0.1, 0.15) is 0 Å². The molecule has 17 heavy (non-hydrogen) atoms. The summed E-state index contributed by atoms with van der Waals surface area (Å²) < 4.78 is 0. The van der Waals surface area contributed by atoms with Crippen LogP contribution in [0.2, 0.25) is 0 Å². The summed E-state index contributed by atoms with van der Waals surface area (Å²) in [5.41, 5.74) is 5.96. The van der Waals surface area contributed by atoms with Crippen molar-refractivity contribution in [1.82, 2.24) is 4.90 Å². The molecule has 0 aromatic heterocycles. The largest absolute Gasteiger partial charge is 0.340 e. The van der Waals surface area contributed by atoms with Gasteiger partial charge >= 0.3 is 0 Å². The lowest BCUT2D eigenvalue weighted by Gasteiger charge is -2.28. The van der Waals surface area contributed by atoms with Crippen LogP contribution in [-0.4, -0.2) is 29.4 Å². The van der Waals surface area contributed by atoms with Gasteiger partial charge in [-0.2, -0.15) is 0 Å². The maximum atomic E-state index is 12.1. The third-order valence-corrected chi connectivity index (χ3v) is 3.21. The molecule has 3 heteroatoms. The molecule has 0 spiro atoms. The highest BCUT2D eigenvalue weighted by molar-refractivity contribution is 5.77. The second-order valence-corrected chi connectivity index (χ2v) is 5.50. The molecule has 2 N–H and O–H groups in total. The average Bonchev–Trinajstić information content (AvgIpc) is 2.23. The van der Waals surface area contributed by atoms with E-state index in [1.807, 2.05) is 4.90 Å². The highest BCUT2D eigenvalue weighted by Gasteiger charge is 2.20. The maximum absolute atomic E-state index is 12.1. The minimum absolute atomic E-state index is 0.0186.